The van der Waals surface area contributed by atoms with Gasteiger partial charge in [0, 0.05) is 25.9 Å². The lowest BCUT2D eigenvalue weighted by Crippen LogP contribution is -2.33. The second-order valence-electron chi connectivity index (χ2n) is 6.20. The van der Waals surface area contributed by atoms with Gasteiger partial charge in [0.15, 0.2) is 0 Å². The molecule has 0 aliphatic carbocycles. The van der Waals surface area contributed by atoms with Crippen molar-refractivity contribution in [3.63, 3.8) is 0 Å². The monoisotopic (exact) mass is 284 g/mol. The molecule has 2 N–H and O–H groups in total. The number of carboxylic acid groups (broad SMARTS) is 1. The summed E-state index contributed by atoms with van der Waals surface area (Å²) in [6, 6.07) is 0. The van der Waals surface area contributed by atoms with Gasteiger partial charge in [-0.1, -0.05) is 13.8 Å². The van der Waals surface area contributed by atoms with E-state index in [1.165, 1.54) is 12.8 Å². The van der Waals surface area contributed by atoms with Crippen LogP contribution in [0.25, 0.3) is 0 Å². The van der Waals surface area contributed by atoms with Crippen molar-refractivity contribution in [2.75, 3.05) is 26.2 Å². The van der Waals surface area contributed by atoms with E-state index in [-0.39, 0.29) is 18.2 Å². The zero-order valence-corrected chi connectivity index (χ0v) is 12.7. The van der Waals surface area contributed by atoms with Crippen LogP contribution in [0.4, 0.5) is 0 Å². The molecule has 1 aliphatic heterocycles. The molecule has 1 heterocycles. The highest BCUT2D eigenvalue weighted by Gasteiger charge is 2.17. The van der Waals surface area contributed by atoms with E-state index in [4.69, 9.17) is 5.11 Å². The number of rotatable bonds is 9. The number of carboxylic acids is 1. The lowest BCUT2D eigenvalue weighted by Gasteiger charge is -2.18. The number of hydrogen-bond donors (Lipinski definition) is 2. The van der Waals surface area contributed by atoms with E-state index in [9.17, 15) is 9.59 Å². The van der Waals surface area contributed by atoms with E-state index in [0.29, 0.717) is 18.9 Å². The average molecular weight is 284 g/mol. The number of hydrogen-bond acceptors (Lipinski definition) is 3. The first-order chi connectivity index (χ1) is 9.47. The Morgan fingerprint density at radius 1 is 1.25 bits per heavy atom. The molecule has 0 saturated carbocycles. The van der Waals surface area contributed by atoms with Crippen molar-refractivity contribution in [3.8, 4) is 0 Å². The maximum atomic E-state index is 11.8. The Kier molecular flexibility index (Phi) is 7.59. The van der Waals surface area contributed by atoms with E-state index in [2.05, 4.69) is 24.1 Å². The molecule has 0 bridgehead atoms. The molecule has 1 aliphatic rings. The van der Waals surface area contributed by atoms with Crippen molar-refractivity contribution in [1.82, 2.24) is 10.2 Å². The summed E-state index contributed by atoms with van der Waals surface area (Å²) in [6.45, 7) is 7.64. The molecular formula is C15H28N2O3. The highest BCUT2D eigenvalue weighted by atomic mass is 16.4. The maximum Gasteiger partial charge on any atom is 0.303 e. The Hall–Kier alpha value is -1.10. The van der Waals surface area contributed by atoms with Crippen LogP contribution in [0.1, 0.15) is 46.0 Å². The van der Waals surface area contributed by atoms with Crippen LogP contribution in [0.2, 0.25) is 0 Å². The minimum Gasteiger partial charge on any atom is -0.481 e. The average Bonchev–Trinajstić information content (AvgIpc) is 2.85. The summed E-state index contributed by atoms with van der Waals surface area (Å²) >= 11 is 0. The summed E-state index contributed by atoms with van der Waals surface area (Å²) in [6.07, 6.45) is 3.94. The third-order valence-electron chi connectivity index (χ3n) is 3.71. The fourth-order valence-electron chi connectivity index (χ4n) is 2.76. The van der Waals surface area contributed by atoms with E-state index in [1.54, 1.807) is 0 Å². The van der Waals surface area contributed by atoms with E-state index >= 15 is 0 Å². The van der Waals surface area contributed by atoms with Crippen LogP contribution < -0.4 is 5.32 Å². The van der Waals surface area contributed by atoms with Gasteiger partial charge in [-0.15, -0.1) is 0 Å². The van der Waals surface area contributed by atoms with Crippen molar-refractivity contribution in [2.45, 2.75) is 46.0 Å². The zero-order valence-electron chi connectivity index (χ0n) is 12.7. The predicted molar refractivity (Wildman–Crippen MR) is 78.5 cm³/mol. The van der Waals surface area contributed by atoms with Gasteiger partial charge in [0.1, 0.15) is 0 Å². The molecule has 0 unspecified atom stereocenters. The number of aliphatic carboxylic acids is 1. The Morgan fingerprint density at radius 2 is 1.90 bits per heavy atom. The summed E-state index contributed by atoms with van der Waals surface area (Å²) in [7, 11) is 0. The van der Waals surface area contributed by atoms with Crippen molar-refractivity contribution >= 4 is 11.9 Å². The van der Waals surface area contributed by atoms with Crippen molar-refractivity contribution in [1.29, 1.82) is 0 Å². The first-order valence-electron chi connectivity index (χ1n) is 7.68. The molecule has 0 aromatic heterocycles. The van der Waals surface area contributed by atoms with Gasteiger partial charge in [0.2, 0.25) is 5.91 Å². The smallest absolute Gasteiger partial charge is 0.303 e. The van der Waals surface area contributed by atoms with Gasteiger partial charge in [-0.3, -0.25) is 9.59 Å². The summed E-state index contributed by atoms with van der Waals surface area (Å²) in [4.78, 5) is 24.9. The molecule has 1 amide bonds. The van der Waals surface area contributed by atoms with Crippen molar-refractivity contribution in [3.05, 3.63) is 0 Å². The molecule has 0 radical (unpaired) electrons. The quantitative estimate of drug-likeness (QED) is 0.676. The van der Waals surface area contributed by atoms with Gasteiger partial charge >= 0.3 is 5.97 Å². The number of carbonyl (C=O) groups excluding carboxylic acids is 1. The summed E-state index contributed by atoms with van der Waals surface area (Å²) in [5, 5.41) is 11.8. The van der Waals surface area contributed by atoms with Crippen LogP contribution >= 0.6 is 0 Å². The molecular weight excluding hydrogens is 256 g/mol. The van der Waals surface area contributed by atoms with Gasteiger partial charge in [-0.25, -0.2) is 0 Å². The topological polar surface area (TPSA) is 69.6 Å². The number of amides is 1. The molecule has 5 heteroatoms. The molecule has 1 fully saturated rings. The fourth-order valence-corrected chi connectivity index (χ4v) is 2.76. The van der Waals surface area contributed by atoms with Crippen LogP contribution in [0.15, 0.2) is 0 Å². The highest BCUT2D eigenvalue weighted by molar-refractivity contribution is 5.76. The number of nitrogens with one attached hydrogen (secondary N) is 1. The fraction of sp³-hybridized carbons (Fsp3) is 0.867. The minimum atomic E-state index is -0.790. The van der Waals surface area contributed by atoms with Gasteiger partial charge < -0.3 is 15.3 Å². The lowest BCUT2D eigenvalue weighted by atomic mass is 9.94. The third-order valence-corrected chi connectivity index (χ3v) is 3.71. The second kappa shape index (κ2) is 8.95. The largest absolute Gasteiger partial charge is 0.481 e. The summed E-state index contributed by atoms with van der Waals surface area (Å²) in [5.74, 6) is -0.276. The second-order valence-corrected chi connectivity index (χ2v) is 6.20. The molecule has 5 nitrogen and oxygen atoms in total. The van der Waals surface area contributed by atoms with E-state index in [0.717, 1.165) is 26.1 Å². The molecule has 20 heavy (non-hydrogen) atoms. The SMILES string of the molecule is CC(C)C[C@H](CNC(=O)CCN1CCCC1)CC(=O)O. The Balaban J connectivity index is 2.22. The van der Waals surface area contributed by atoms with Gasteiger partial charge in [-0.2, -0.15) is 0 Å². The molecule has 116 valence electrons. The predicted octanol–water partition coefficient (Wildman–Crippen LogP) is 1.73. The molecule has 0 aromatic rings. The normalized spacial score (nSPS) is 17.4. The molecule has 1 rings (SSSR count). The number of carbonyl (C=O) groups is 2. The zero-order chi connectivity index (χ0) is 15.0. The van der Waals surface area contributed by atoms with Crippen LogP contribution in [-0.2, 0) is 9.59 Å². The molecule has 1 atom stereocenters. The lowest BCUT2D eigenvalue weighted by molar-refractivity contribution is -0.138. The molecule has 0 aromatic carbocycles. The molecule has 0 spiro atoms. The summed E-state index contributed by atoms with van der Waals surface area (Å²) < 4.78 is 0. The Labute approximate surface area is 121 Å². The van der Waals surface area contributed by atoms with Crippen LogP contribution in [-0.4, -0.2) is 48.1 Å². The van der Waals surface area contributed by atoms with Crippen LogP contribution in [0, 0.1) is 11.8 Å². The third kappa shape index (κ3) is 7.48. The van der Waals surface area contributed by atoms with E-state index in [1.807, 2.05) is 0 Å². The van der Waals surface area contributed by atoms with Crippen molar-refractivity contribution < 1.29 is 14.7 Å². The highest BCUT2D eigenvalue weighted by Crippen LogP contribution is 2.15. The van der Waals surface area contributed by atoms with E-state index < -0.39 is 5.97 Å². The van der Waals surface area contributed by atoms with Crippen LogP contribution in [0.5, 0.6) is 0 Å². The number of nitrogens with zero attached hydrogens (tertiary/aromatic N) is 1. The Morgan fingerprint density at radius 3 is 2.45 bits per heavy atom. The van der Waals surface area contributed by atoms with Gasteiger partial charge in [-0.05, 0) is 44.2 Å². The minimum absolute atomic E-state index is 0.0308. The first-order valence-corrected chi connectivity index (χ1v) is 7.68. The standard InChI is InChI=1S/C15H28N2O3/c1-12(2)9-13(10-15(19)20)11-16-14(18)5-8-17-6-3-4-7-17/h12-13H,3-11H2,1-2H3,(H,16,18)(H,19,20)/t13-/m0/s1. The molecule has 1 saturated heterocycles. The summed E-state index contributed by atoms with van der Waals surface area (Å²) in [5.41, 5.74) is 0. The van der Waals surface area contributed by atoms with Crippen molar-refractivity contribution in [2.24, 2.45) is 11.8 Å². The first kappa shape index (κ1) is 17.0. The van der Waals surface area contributed by atoms with Crippen LogP contribution in [0.3, 0.4) is 0 Å². The number of likely N-dealkylation sites (tertiary alicyclic amines) is 1. The van der Waals surface area contributed by atoms with Gasteiger partial charge in [0.25, 0.3) is 0 Å². The van der Waals surface area contributed by atoms with Gasteiger partial charge in [0.05, 0.1) is 0 Å². The Bertz CT molecular complexity index is 312. The maximum absolute atomic E-state index is 11.8.